The first-order valence-electron chi connectivity index (χ1n) is 7.16. The smallest absolute Gasteiger partial charge is 0.321 e. The molecule has 8 heteroatoms. The number of hydrogen-bond acceptors (Lipinski definition) is 3. The van der Waals surface area contributed by atoms with Gasteiger partial charge in [-0.15, -0.1) is 22.6 Å². The quantitative estimate of drug-likeness (QED) is 0.773. The molecule has 0 saturated carbocycles. The van der Waals surface area contributed by atoms with E-state index in [1.54, 1.807) is 0 Å². The third kappa shape index (κ3) is 3.85. The molecule has 1 atom stereocenters. The molecule has 128 valence electrons. The van der Waals surface area contributed by atoms with Gasteiger partial charge in [-0.2, -0.15) is 13.2 Å². The number of hydrogen-bond donors (Lipinski definition) is 1. The predicted molar refractivity (Wildman–Crippen MR) is 86.9 cm³/mol. The van der Waals surface area contributed by atoms with Gasteiger partial charge >= 0.3 is 6.18 Å². The van der Waals surface area contributed by atoms with Crippen molar-refractivity contribution in [1.82, 2.24) is 14.6 Å². The Morgan fingerprint density at radius 3 is 2.42 bits per heavy atom. The van der Waals surface area contributed by atoms with Crippen LogP contribution in [0.4, 0.5) is 13.2 Å². The summed E-state index contributed by atoms with van der Waals surface area (Å²) in [5.74, 6) is 0.335. The Kier molecular flexibility index (Phi) is 5.46. The Morgan fingerprint density at radius 2 is 1.75 bits per heavy atom. The van der Waals surface area contributed by atoms with Crippen LogP contribution in [-0.4, -0.2) is 14.6 Å². The standard InChI is InChI=1S/C16H15F3N4.ClH/c17-16(18,19)12-7-9-14-21-22-15(23(14)10-12)13(20)8-6-11-4-2-1-3-5-11;/h1-5,7,9-10,13H,6,8,20H2;1H/t13-;/m1./s1. The van der Waals surface area contributed by atoms with Crippen molar-refractivity contribution in [3.63, 3.8) is 0 Å². The summed E-state index contributed by atoms with van der Waals surface area (Å²) < 4.78 is 39.8. The number of aryl methyl sites for hydroxylation is 1. The maximum Gasteiger partial charge on any atom is 0.417 e. The van der Waals surface area contributed by atoms with Gasteiger partial charge in [0, 0.05) is 6.20 Å². The predicted octanol–water partition coefficient (Wildman–Crippen LogP) is 3.80. The SMILES string of the molecule is Cl.N[C@H](CCc1ccccc1)c1nnc2ccc(C(F)(F)F)cn12. The zero-order valence-corrected chi connectivity index (χ0v) is 13.4. The minimum atomic E-state index is -4.41. The van der Waals surface area contributed by atoms with E-state index in [2.05, 4.69) is 10.2 Å². The highest BCUT2D eigenvalue weighted by Crippen LogP contribution is 2.29. The number of rotatable bonds is 4. The zero-order valence-electron chi connectivity index (χ0n) is 12.6. The summed E-state index contributed by atoms with van der Waals surface area (Å²) >= 11 is 0. The second-order valence-electron chi connectivity index (χ2n) is 5.33. The molecule has 0 radical (unpaired) electrons. The third-order valence-corrected chi connectivity index (χ3v) is 3.67. The second-order valence-corrected chi connectivity index (χ2v) is 5.33. The molecule has 0 spiro atoms. The summed E-state index contributed by atoms with van der Waals surface area (Å²) in [6.07, 6.45) is -2.13. The molecule has 3 rings (SSSR count). The van der Waals surface area contributed by atoms with Gasteiger partial charge in [0.2, 0.25) is 0 Å². The average Bonchev–Trinajstić information content (AvgIpc) is 2.96. The van der Waals surface area contributed by atoms with Crippen LogP contribution in [0.15, 0.2) is 48.7 Å². The first kappa shape index (κ1) is 18.2. The first-order chi connectivity index (χ1) is 10.9. The number of halogens is 4. The highest BCUT2D eigenvalue weighted by molar-refractivity contribution is 5.85. The second kappa shape index (κ2) is 7.19. The van der Waals surface area contributed by atoms with Gasteiger partial charge in [-0.05, 0) is 30.5 Å². The van der Waals surface area contributed by atoms with Crippen molar-refractivity contribution in [2.75, 3.05) is 0 Å². The molecule has 0 amide bonds. The van der Waals surface area contributed by atoms with Crippen molar-refractivity contribution < 1.29 is 13.2 Å². The van der Waals surface area contributed by atoms with Crippen molar-refractivity contribution in [1.29, 1.82) is 0 Å². The third-order valence-electron chi connectivity index (χ3n) is 3.67. The molecule has 0 saturated heterocycles. The number of benzene rings is 1. The van der Waals surface area contributed by atoms with E-state index in [9.17, 15) is 13.2 Å². The van der Waals surface area contributed by atoms with Crippen LogP contribution in [-0.2, 0) is 12.6 Å². The monoisotopic (exact) mass is 356 g/mol. The number of nitrogens with zero attached hydrogens (tertiary/aromatic N) is 3. The van der Waals surface area contributed by atoms with Crippen LogP contribution in [0.25, 0.3) is 5.65 Å². The van der Waals surface area contributed by atoms with E-state index in [0.29, 0.717) is 17.9 Å². The van der Waals surface area contributed by atoms with Crippen molar-refractivity contribution in [3.05, 3.63) is 65.6 Å². The zero-order chi connectivity index (χ0) is 16.4. The van der Waals surface area contributed by atoms with Gasteiger partial charge in [0.05, 0.1) is 11.6 Å². The molecule has 4 nitrogen and oxygen atoms in total. The van der Waals surface area contributed by atoms with Gasteiger partial charge in [-0.1, -0.05) is 30.3 Å². The summed E-state index contributed by atoms with van der Waals surface area (Å²) in [7, 11) is 0. The number of alkyl halides is 3. The Bertz CT molecular complexity index is 802. The molecular formula is C16H16ClF3N4. The molecule has 0 aliphatic rings. The summed E-state index contributed by atoms with van der Waals surface area (Å²) in [6.45, 7) is 0. The van der Waals surface area contributed by atoms with Crippen LogP contribution < -0.4 is 5.73 Å². The van der Waals surface area contributed by atoms with Gasteiger partial charge in [0.25, 0.3) is 0 Å². The minimum absolute atomic E-state index is 0. The summed E-state index contributed by atoms with van der Waals surface area (Å²) in [4.78, 5) is 0. The lowest BCUT2D eigenvalue weighted by atomic mass is 10.1. The van der Waals surface area contributed by atoms with Crippen LogP contribution in [0.2, 0.25) is 0 Å². The molecule has 0 bridgehead atoms. The van der Waals surface area contributed by atoms with Gasteiger partial charge < -0.3 is 5.73 Å². The molecule has 2 heterocycles. The minimum Gasteiger partial charge on any atom is -0.321 e. The maximum atomic E-state index is 12.8. The molecule has 24 heavy (non-hydrogen) atoms. The largest absolute Gasteiger partial charge is 0.417 e. The topological polar surface area (TPSA) is 56.2 Å². The number of fused-ring (bicyclic) bond motifs is 1. The molecule has 0 aliphatic carbocycles. The van der Waals surface area contributed by atoms with Crippen molar-refractivity contribution in [2.45, 2.75) is 25.1 Å². The van der Waals surface area contributed by atoms with E-state index in [0.717, 1.165) is 24.2 Å². The van der Waals surface area contributed by atoms with Crippen LogP contribution in [0, 0.1) is 0 Å². The van der Waals surface area contributed by atoms with E-state index in [1.165, 1.54) is 10.5 Å². The fraction of sp³-hybridized carbons (Fsp3) is 0.250. The Balaban J connectivity index is 0.00000208. The van der Waals surface area contributed by atoms with E-state index in [-0.39, 0.29) is 12.4 Å². The molecule has 2 N–H and O–H groups in total. The van der Waals surface area contributed by atoms with Crippen molar-refractivity contribution in [2.24, 2.45) is 5.73 Å². The molecule has 0 fully saturated rings. The maximum absolute atomic E-state index is 12.8. The van der Waals surface area contributed by atoms with Crippen LogP contribution in [0.5, 0.6) is 0 Å². The average molecular weight is 357 g/mol. The molecule has 0 unspecified atom stereocenters. The molecule has 3 aromatic rings. The summed E-state index contributed by atoms with van der Waals surface area (Å²) in [5.41, 5.74) is 6.83. The lowest BCUT2D eigenvalue weighted by molar-refractivity contribution is -0.137. The molecule has 2 aromatic heterocycles. The summed E-state index contributed by atoms with van der Waals surface area (Å²) in [5, 5.41) is 7.83. The first-order valence-corrected chi connectivity index (χ1v) is 7.16. The van der Waals surface area contributed by atoms with E-state index >= 15 is 0 Å². The van der Waals surface area contributed by atoms with E-state index in [1.807, 2.05) is 30.3 Å². The van der Waals surface area contributed by atoms with Crippen molar-refractivity contribution >= 4 is 18.1 Å². The summed E-state index contributed by atoms with van der Waals surface area (Å²) in [6, 6.07) is 11.5. The van der Waals surface area contributed by atoms with Gasteiger partial charge in [-0.3, -0.25) is 4.40 Å². The van der Waals surface area contributed by atoms with Crippen LogP contribution in [0.3, 0.4) is 0 Å². The molecule has 0 aliphatic heterocycles. The Labute approximate surface area is 142 Å². The van der Waals surface area contributed by atoms with Gasteiger partial charge in [0.15, 0.2) is 11.5 Å². The number of aromatic nitrogens is 3. The lowest BCUT2D eigenvalue weighted by Crippen LogP contribution is -2.16. The fourth-order valence-electron chi connectivity index (χ4n) is 2.42. The highest BCUT2D eigenvalue weighted by atomic mass is 35.5. The highest BCUT2D eigenvalue weighted by Gasteiger charge is 2.31. The fourth-order valence-corrected chi connectivity index (χ4v) is 2.42. The van der Waals surface area contributed by atoms with E-state index in [4.69, 9.17) is 5.73 Å². The number of pyridine rings is 1. The van der Waals surface area contributed by atoms with Crippen LogP contribution >= 0.6 is 12.4 Å². The normalized spacial score (nSPS) is 12.8. The molecule has 1 aromatic carbocycles. The van der Waals surface area contributed by atoms with Crippen molar-refractivity contribution in [3.8, 4) is 0 Å². The Hall–Kier alpha value is -2.12. The van der Waals surface area contributed by atoms with Crippen LogP contribution in [0.1, 0.15) is 29.4 Å². The van der Waals surface area contributed by atoms with E-state index < -0.39 is 17.8 Å². The van der Waals surface area contributed by atoms with Gasteiger partial charge in [0.1, 0.15) is 0 Å². The molecular weight excluding hydrogens is 341 g/mol. The lowest BCUT2D eigenvalue weighted by Gasteiger charge is -2.11. The number of nitrogens with two attached hydrogens (primary N) is 1. The van der Waals surface area contributed by atoms with Gasteiger partial charge in [-0.25, -0.2) is 0 Å². The Morgan fingerprint density at radius 1 is 1.04 bits per heavy atom.